The highest BCUT2D eigenvalue weighted by Gasteiger charge is 2.16. The van der Waals surface area contributed by atoms with Crippen LogP contribution >= 0.6 is 0 Å². The van der Waals surface area contributed by atoms with Crippen molar-refractivity contribution in [3.8, 4) is 0 Å². The Morgan fingerprint density at radius 1 is 1.12 bits per heavy atom. The third-order valence-corrected chi connectivity index (χ3v) is 4.20. The number of carbonyl (C=O) groups excluding carboxylic acids is 1. The molecular weight excluding hydrogens is 324 g/mol. The fraction of sp³-hybridized carbons (Fsp3) is 0.273. The van der Waals surface area contributed by atoms with Gasteiger partial charge in [0, 0.05) is 5.71 Å². The molecule has 2 aromatic rings. The maximum Gasteiger partial charge on any atom is 0.411 e. The number of carbonyl (C=O) groups is 1. The first-order chi connectivity index (χ1) is 12.8. The second kappa shape index (κ2) is 8.99. The molecule has 0 radical (unpaired) electrons. The summed E-state index contributed by atoms with van der Waals surface area (Å²) in [4.78, 5) is 16.7. The van der Waals surface area contributed by atoms with E-state index in [4.69, 9.17) is 9.73 Å². The maximum atomic E-state index is 11.9. The number of benzene rings is 2. The molecule has 3 rings (SSSR count). The van der Waals surface area contributed by atoms with Crippen molar-refractivity contribution in [2.24, 2.45) is 4.99 Å². The third kappa shape index (κ3) is 4.82. The first-order valence-electron chi connectivity index (χ1n) is 9.12. The number of hydrogen-bond acceptors (Lipinski definition) is 3. The topological polar surface area (TPSA) is 50.7 Å². The predicted octanol–water partition coefficient (Wildman–Crippen LogP) is 5.99. The molecule has 0 aromatic heterocycles. The molecule has 1 N–H and O–H groups in total. The number of rotatable bonds is 5. The molecule has 0 atom stereocenters. The Labute approximate surface area is 154 Å². The van der Waals surface area contributed by atoms with Crippen LogP contribution in [0.25, 0.3) is 6.08 Å². The van der Waals surface area contributed by atoms with E-state index in [-0.39, 0.29) is 0 Å². The van der Waals surface area contributed by atoms with Gasteiger partial charge in [0.15, 0.2) is 0 Å². The number of para-hydroxylation sites is 2. The smallest absolute Gasteiger partial charge is 0.411 e. The summed E-state index contributed by atoms with van der Waals surface area (Å²) in [5.41, 5.74) is 4.97. The van der Waals surface area contributed by atoms with E-state index in [0.717, 1.165) is 37.1 Å². The van der Waals surface area contributed by atoms with Crippen LogP contribution in [0.3, 0.4) is 0 Å². The standard InChI is InChI=1S/C22H24N2O2/c1-2-15-26-22(25)24-21-13-7-6-12-20(21)23-19-14-8-11-18(19)16-17-9-4-3-5-10-17/h3-7,9-10,12-13,16H,2,8,11,14-15H2,1H3,(H,24,25)/b18-16-,23-19?. The zero-order valence-electron chi connectivity index (χ0n) is 15.1. The van der Waals surface area contributed by atoms with E-state index in [9.17, 15) is 4.79 Å². The first kappa shape index (κ1) is 17.9. The van der Waals surface area contributed by atoms with Gasteiger partial charge < -0.3 is 4.74 Å². The van der Waals surface area contributed by atoms with E-state index in [0.29, 0.717) is 12.3 Å². The minimum Gasteiger partial charge on any atom is -0.449 e. The molecule has 4 heteroatoms. The molecule has 1 aliphatic rings. The summed E-state index contributed by atoms with van der Waals surface area (Å²) >= 11 is 0. The molecular formula is C22H24N2O2. The zero-order chi connectivity index (χ0) is 18.2. The molecule has 134 valence electrons. The van der Waals surface area contributed by atoms with Crippen molar-refractivity contribution in [3.05, 3.63) is 65.7 Å². The Hall–Kier alpha value is -2.88. The average Bonchev–Trinajstić information content (AvgIpc) is 3.09. The summed E-state index contributed by atoms with van der Waals surface area (Å²) in [6, 6.07) is 17.9. The van der Waals surface area contributed by atoms with Crippen LogP contribution in [0.2, 0.25) is 0 Å². The Morgan fingerprint density at radius 3 is 2.69 bits per heavy atom. The quantitative estimate of drug-likeness (QED) is 0.722. The monoisotopic (exact) mass is 348 g/mol. The normalized spacial score (nSPS) is 16.8. The van der Waals surface area contributed by atoms with E-state index in [1.165, 1.54) is 11.1 Å². The second-order valence-corrected chi connectivity index (χ2v) is 6.27. The molecule has 0 unspecified atom stereocenters. The lowest BCUT2D eigenvalue weighted by Crippen LogP contribution is -2.14. The Kier molecular flexibility index (Phi) is 6.20. The fourth-order valence-electron chi connectivity index (χ4n) is 2.95. The maximum absolute atomic E-state index is 11.9. The van der Waals surface area contributed by atoms with Crippen molar-refractivity contribution in [2.45, 2.75) is 32.6 Å². The van der Waals surface area contributed by atoms with E-state index >= 15 is 0 Å². The van der Waals surface area contributed by atoms with Gasteiger partial charge in [0.1, 0.15) is 0 Å². The summed E-state index contributed by atoms with van der Waals surface area (Å²) in [6.45, 7) is 2.38. The van der Waals surface area contributed by atoms with Crippen LogP contribution in [-0.2, 0) is 4.74 Å². The minimum atomic E-state index is -0.439. The third-order valence-electron chi connectivity index (χ3n) is 4.20. The molecule has 0 saturated heterocycles. The van der Waals surface area contributed by atoms with Crippen molar-refractivity contribution in [1.29, 1.82) is 0 Å². The highest BCUT2D eigenvalue weighted by atomic mass is 16.5. The van der Waals surface area contributed by atoms with Gasteiger partial charge in [-0.2, -0.15) is 0 Å². The number of aliphatic imine (C=N–C) groups is 1. The highest BCUT2D eigenvalue weighted by molar-refractivity contribution is 6.07. The van der Waals surface area contributed by atoms with Crippen molar-refractivity contribution >= 4 is 29.3 Å². The molecule has 1 aliphatic carbocycles. The van der Waals surface area contributed by atoms with Gasteiger partial charge in [-0.05, 0) is 55.0 Å². The molecule has 0 heterocycles. The van der Waals surface area contributed by atoms with Gasteiger partial charge in [-0.1, -0.05) is 49.4 Å². The summed E-state index contributed by atoms with van der Waals surface area (Å²) < 4.78 is 5.11. The van der Waals surface area contributed by atoms with E-state index in [1.807, 2.05) is 49.4 Å². The Bertz CT molecular complexity index is 810. The van der Waals surface area contributed by atoms with Crippen LogP contribution < -0.4 is 5.32 Å². The van der Waals surface area contributed by atoms with Gasteiger partial charge in [0.2, 0.25) is 0 Å². The highest BCUT2D eigenvalue weighted by Crippen LogP contribution is 2.30. The van der Waals surface area contributed by atoms with Crippen molar-refractivity contribution in [1.82, 2.24) is 0 Å². The number of anilines is 1. The molecule has 2 aromatic carbocycles. The van der Waals surface area contributed by atoms with Crippen molar-refractivity contribution in [2.75, 3.05) is 11.9 Å². The molecule has 4 nitrogen and oxygen atoms in total. The number of hydrogen-bond donors (Lipinski definition) is 1. The number of nitrogens with zero attached hydrogens (tertiary/aromatic N) is 1. The molecule has 0 spiro atoms. The lowest BCUT2D eigenvalue weighted by Gasteiger charge is -2.09. The van der Waals surface area contributed by atoms with Crippen LogP contribution in [0, 0.1) is 0 Å². The van der Waals surface area contributed by atoms with Gasteiger partial charge in [-0.3, -0.25) is 10.3 Å². The van der Waals surface area contributed by atoms with Crippen molar-refractivity contribution < 1.29 is 9.53 Å². The van der Waals surface area contributed by atoms with Gasteiger partial charge >= 0.3 is 6.09 Å². The second-order valence-electron chi connectivity index (χ2n) is 6.27. The number of allylic oxidation sites excluding steroid dienone is 1. The summed E-state index contributed by atoms with van der Waals surface area (Å²) in [5.74, 6) is 0. The Morgan fingerprint density at radius 2 is 1.88 bits per heavy atom. The van der Waals surface area contributed by atoms with Crippen LogP contribution in [0.4, 0.5) is 16.2 Å². The number of nitrogens with one attached hydrogen (secondary N) is 1. The zero-order valence-corrected chi connectivity index (χ0v) is 15.1. The van der Waals surface area contributed by atoms with Gasteiger partial charge in [0.05, 0.1) is 18.0 Å². The molecule has 1 saturated carbocycles. The molecule has 1 fully saturated rings. The molecule has 1 amide bonds. The average molecular weight is 348 g/mol. The number of amides is 1. The molecule has 0 aliphatic heterocycles. The van der Waals surface area contributed by atoms with Gasteiger partial charge in [-0.15, -0.1) is 0 Å². The van der Waals surface area contributed by atoms with Crippen LogP contribution in [0.15, 0.2) is 65.2 Å². The largest absolute Gasteiger partial charge is 0.449 e. The lowest BCUT2D eigenvalue weighted by molar-refractivity contribution is 0.161. The molecule has 26 heavy (non-hydrogen) atoms. The Balaban J connectivity index is 1.82. The van der Waals surface area contributed by atoms with E-state index in [1.54, 1.807) is 0 Å². The molecule has 0 bridgehead atoms. The van der Waals surface area contributed by atoms with E-state index < -0.39 is 6.09 Å². The number of ether oxygens (including phenoxy) is 1. The lowest BCUT2D eigenvalue weighted by atomic mass is 10.1. The summed E-state index contributed by atoms with van der Waals surface area (Å²) in [5, 5.41) is 2.80. The van der Waals surface area contributed by atoms with Crippen LogP contribution in [0.1, 0.15) is 38.2 Å². The van der Waals surface area contributed by atoms with E-state index in [2.05, 4.69) is 23.5 Å². The SMILES string of the molecule is CCCOC(=O)Nc1ccccc1N=C1CCC/C1=C/c1ccccc1. The van der Waals surface area contributed by atoms with Gasteiger partial charge in [0.25, 0.3) is 0 Å². The fourth-order valence-corrected chi connectivity index (χ4v) is 2.95. The van der Waals surface area contributed by atoms with Crippen molar-refractivity contribution in [3.63, 3.8) is 0 Å². The predicted molar refractivity (Wildman–Crippen MR) is 107 cm³/mol. The van der Waals surface area contributed by atoms with Crippen LogP contribution in [0.5, 0.6) is 0 Å². The summed E-state index contributed by atoms with van der Waals surface area (Å²) in [6.07, 6.45) is 5.65. The van der Waals surface area contributed by atoms with Crippen LogP contribution in [-0.4, -0.2) is 18.4 Å². The van der Waals surface area contributed by atoms with Gasteiger partial charge in [-0.25, -0.2) is 4.79 Å². The minimum absolute atomic E-state index is 0.409. The first-order valence-corrected chi connectivity index (χ1v) is 9.12. The summed E-state index contributed by atoms with van der Waals surface area (Å²) in [7, 11) is 0.